The molecule has 2 aromatic rings. The van der Waals surface area contributed by atoms with E-state index >= 15 is 0 Å². The molecule has 3 rings (SSSR count). The number of H-pyrrole nitrogens is 1. The summed E-state index contributed by atoms with van der Waals surface area (Å²) in [6.07, 6.45) is 3.12. The van der Waals surface area contributed by atoms with Gasteiger partial charge in [-0.2, -0.15) is 5.10 Å². The van der Waals surface area contributed by atoms with Crippen molar-refractivity contribution in [2.45, 2.75) is 38.5 Å². The van der Waals surface area contributed by atoms with Gasteiger partial charge in [-0.05, 0) is 29.4 Å². The van der Waals surface area contributed by atoms with Gasteiger partial charge in [-0.15, -0.1) is 0 Å². The van der Waals surface area contributed by atoms with E-state index in [9.17, 15) is 4.79 Å². The molecule has 0 radical (unpaired) electrons. The van der Waals surface area contributed by atoms with Crippen LogP contribution in [-0.2, 0) is 11.2 Å². The molecule has 1 saturated carbocycles. The number of nitrogens with one attached hydrogen (secondary N) is 2. The third kappa shape index (κ3) is 3.35. The SMILES string of the molecule is CC(C)c1ccc(C2CC2C(=O)NCCc2ncn[nH]2)cc1. The minimum atomic E-state index is 0.125. The van der Waals surface area contributed by atoms with Crippen LogP contribution in [0.3, 0.4) is 0 Å². The molecule has 22 heavy (non-hydrogen) atoms. The molecule has 2 atom stereocenters. The van der Waals surface area contributed by atoms with Crippen LogP contribution in [0, 0.1) is 5.92 Å². The van der Waals surface area contributed by atoms with E-state index in [4.69, 9.17) is 0 Å². The summed E-state index contributed by atoms with van der Waals surface area (Å²) in [5.41, 5.74) is 2.62. The summed E-state index contributed by atoms with van der Waals surface area (Å²) < 4.78 is 0. The van der Waals surface area contributed by atoms with Crippen LogP contribution in [0.5, 0.6) is 0 Å². The largest absolute Gasteiger partial charge is 0.355 e. The van der Waals surface area contributed by atoms with Crippen molar-refractivity contribution in [2.75, 3.05) is 6.54 Å². The first kappa shape index (κ1) is 14.8. The fourth-order valence-corrected chi connectivity index (χ4v) is 2.77. The Bertz CT molecular complexity index is 619. The average molecular weight is 298 g/mol. The summed E-state index contributed by atoms with van der Waals surface area (Å²) in [5.74, 6) is 2.00. The highest BCUT2D eigenvalue weighted by Gasteiger charge is 2.43. The molecule has 2 unspecified atom stereocenters. The smallest absolute Gasteiger partial charge is 0.223 e. The van der Waals surface area contributed by atoms with Gasteiger partial charge in [-0.1, -0.05) is 38.1 Å². The number of benzene rings is 1. The lowest BCUT2D eigenvalue weighted by Gasteiger charge is -2.07. The summed E-state index contributed by atoms with van der Waals surface area (Å²) in [4.78, 5) is 16.2. The number of hydrogen-bond acceptors (Lipinski definition) is 3. The number of nitrogens with zero attached hydrogens (tertiary/aromatic N) is 2. The second kappa shape index (κ2) is 6.30. The van der Waals surface area contributed by atoms with E-state index < -0.39 is 0 Å². The zero-order valence-corrected chi connectivity index (χ0v) is 13.0. The van der Waals surface area contributed by atoms with Gasteiger partial charge in [0.25, 0.3) is 0 Å². The Morgan fingerprint density at radius 1 is 1.36 bits per heavy atom. The summed E-state index contributed by atoms with van der Waals surface area (Å²) >= 11 is 0. The molecule has 1 aliphatic carbocycles. The number of amides is 1. The molecule has 1 heterocycles. The van der Waals surface area contributed by atoms with E-state index in [2.05, 4.69) is 58.6 Å². The molecule has 0 saturated heterocycles. The van der Waals surface area contributed by atoms with Gasteiger partial charge in [0.1, 0.15) is 12.2 Å². The molecule has 5 nitrogen and oxygen atoms in total. The average Bonchev–Trinajstić information content (AvgIpc) is 3.16. The number of rotatable bonds is 6. The fourth-order valence-electron chi connectivity index (χ4n) is 2.77. The fraction of sp³-hybridized carbons (Fsp3) is 0.471. The van der Waals surface area contributed by atoms with Crippen molar-refractivity contribution >= 4 is 5.91 Å². The van der Waals surface area contributed by atoms with Crippen molar-refractivity contribution in [3.8, 4) is 0 Å². The van der Waals surface area contributed by atoms with Gasteiger partial charge in [-0.3, -0.25) is 9.89 Å². The van der Waals surface area contributed by atoms with Crippen LogP contribution in [0.4, 0.5) is 0 Å². The number of hydrogen-bond donors (Lipinski definition) is 2. The predicted octanol–water partition coefficient (Wildman–Crippen LogP) is 2.39. The minimum Gasteiger partial charge on any atom is -0.355 e. The van der Waals surface area contributed by atoms with Crippen molar-refractivity contribution in [2.24, 2.45) is 5.92 Å². The van der Waals surface area contributed by atoms with E-state index in [1.165, 1.54) is 17.5 Å². The summed E-state index contributed by atoms with van der Waals surface area (Å²) in [7, 11) is 0. The van der Waals surface area contributed by atoms with E-state index in [0.717, 1.165) is 12.2 Å². The van der Waals surface area contributed by atoms with Gasteiger partial charge in [0.2, 0.25) is 5.91 Å². The second-order valence-electron chi connectivity index (χ2n) is 6.24. The Balaban J connectivity index is 1.47. The van der Waals surface area contributed by atoms with Crippen molar-refractivity contribution in [1.82, 2.24) is 20.5 Å². The molecule has 116 valence electrons. The van der Waals surface area contributed by atoms with Gasteiger partial charge in [0.05, 0.1) is 0 Å². The molecular weight excluding hydrogens is 276 g/mol. The maximum Gasteiger partial charge on any atom is 0.223 e. The molecule has 0 aliphatic heterocycles. The van der Waals surface area contributed by atoms with E-state index in [-0.39, 0.29) is 11.8 Å². The predicted molar refractivity (Wildman–Crippen MR) is 84.5 cm³/mol. The number of aromatic amines is 1. The summed E-state index contributed by atoms with van der Waals surface area (Å²) in [6.45, 7) is 4.98. The van der Waals surface area contributed by atoms with Crippen molar-refractivity contribution in [1.29, 1.82) is 0 Å². The maximum atomic E-state index is 12.1. The van der Waals surface area contributed by atoms with Crippen molar-refractivity contribution in [3.05, 3.63) is 47.5 Å². The second-order valence-corrected chi connectivity index (χ2v) is 6.24. The Hall–Kier alpha value is -2.17. The first-order chi connectivity index (χ1) is 10.6. The van der Waals surface area contributed by atoms with Crippen LogP contribution >= 0.6 is 0 Å². The molecule has 1 aromatic carbocycles. The Morgan fingerprint density at radius 2 is 2.14 bits per heavy atom. The normalized spacial score (nSPS) is 20.1. The highest BCUT2D eigenvalue weighted by Crippen LogP contribution is 2.47. The van der Waals surface area contributed by atoms with Crippen LogP contribution in [0.1, 0.15) is 49.1 Å². The first-order valence-electron chi connectivity index (χ1n) is 7.87. The van der Waals surface area contributed by atoms with Crippen LogP contribution < -0.4 is 5.32 Å². The van der Waals surface area contributed by atoms with Gasteiger partial charge >= 0.3 is 0 Å². The minimum absolute atomic E-state index is 0.125. The van der Waals surface area contributed by atoms with Crippen LogP contribution in [0.2, 0.25) is 0 Å². The zero-order chi connectivity index (χ0) is 15.5. The van der Waals surface area contributed by atoms with Gasteiger partial charge in [-0.25, -0.2) is 4.98 Å². The van der Waals surface area contributed by atoms with Crippen molar-refractivity contribution < 1.29 is 4.79 Å². The lowest BCUT2D eigenvalue weighted by Crippen LogP contribution is -2.27. The molecule has 0 spiro atoms. The van der Waals surface area contributed by atoms with E-state index in [0.29, 0.717) is 24.8 Å². The topological polar surface area (TPSA) is 70.7 Å². The lowest BCUT2D eigenvalue weighted by atomic mass is 10.00. The van der Waals surface area contributed by atoms with Gasteiger partial charge in [0, 0.05) is 18.9 Å². The molecule has 1 aromatic heterocycles. The number of aromatic nitrogens is 3. The summed E-state index contributed by atoms with van der Waals surface area (Å²) in [6, 6.07) is 8.69. The Labute approximate surface area is 130 Å². The molecule has 1 amide bonds. The monoisotopic (exact) mass is 298 g/mol. The van der Waals surface area contributed by atoms with Crippen LogP contribution in [-0.4, -0.2) is 27.6 Å². The maximum absolute atomic E-state index is 12.1. The van der Waals surface area contributed by atoms with Crippen LogP contribution in [0.15, 0.2) is 30.6 Å². The van der Waals surface area contributed by atoms with E-state index in [1.54, 1.807) is 0 Å². The van der Waals surface area contributed by atoms with E-state index in [1.807, 2.05) is 0 Å². The van der Waals surface area contributed by atoms with Crippen molar-refractivity contribution in [3.63, 3.8) is 0 Å². The van der Waals surface area contributed by atoms with Crippen LogP contribution in [0.25, 0.3) is 0 Å². The Morgan fingerprint density at radius 3 is 2.77 bits per heavy atom. The number of carbonyl (C=O) groups excluding carboxylic acids is 1. The summed E-state index contributed by atoms with van der Waals surface area (Å²) in [5, 5.41) is 9.57. The quantitative estimate of drug-likeness (QED) is 0.860. The first-order valence-corrected chi connectivity index (χ1v) is 7.87. The van der Waals surface area contributed by atoms with Gasteiger partial charge < -0.3 is 5.32 Å². The lowest BCUT2D eigenvalue weighted by molar-refractivity contribution is -0.122. The molecular formula is C17H22N4O. The van der Waals surface area contributed by atoms with Gasteiger partial charge in [0.15, 0.2) is 0 Å². The number of carbonyl (C=O) groups is 1. The zero-order valence-electron chi connectivity index (χ0n) is 13.0. The standard InChI is InChI=1S/C17H22N4O/c1-11(2)12-3-5-13(6-4-12)14-9-15(14)17(22)18-8-7-16-19-10-20-21-16/h3-6,10-11,14-15H,7-9H2,1-2H3,(H,18,22)(H,19,20,21). The molecule has 5 heteroatoms. The Kier molecular flexibility index (Phi) is 4.22. The molecule has 2 N–H and O–H groups in total. The third-order valence-corrected chi connectivity index (χ3v) is 4.28. The molecule has 1 aliphatic rings. The molecule has 1 fully saturated rings. The third-order valence-electron chi connectivity index (χ3n) is 4.28. The highest BCUT2D eigenvalue weighted by molar-refractivity contribution is 5.82. The highest BCUT2D eigenvalue weighted by atomic mass is 16.2. The molecule has 0 bridgehead atoms.